The number of thiophene rings is 1. The molecule has 0 aliphatic carbocycles. The van der Waals surface area contributed by atoms with Gasteiger partial charge in [0.2, 0.25) is 0 Å². The third-order valence-corrected chi connectivity index (χ3v) is 4.47. The fraction of sp³-hybridized carbons (Fsp3) is 0.312. The fourth-order valence-electron chi connectivity index (χ4n) is 2.47. The van der Waals surface area contributed by atoms with Gasteiger partial charge in [-0.2, -0.15) is 18.3 Å². The minimum Gasteiger partial charge on any atom is -0.383 e. The van der Waals surface area contributed by atoms with Crippen molar-refractivity contribution in [3.8, 4) is 10.6 Å². The standard InChI is InChI=1S/C16H15F3N4O2S/c1-9(8-25-2)21-15(24)10-7-20-23-13(16(17,18)19)6-11(22-14(10)23)12-4-3-5-26-12/h3-7,9H,8H2,1-2H3,(H,21,24)/t9-/m0/s1. The van der Waals surface area contributed by atoms with Crippen LogP contribution in [0.15, 0.2) is 29.8 Å². The summed E-state index contributed by atoms with van der Waals surface area (Å²) in [6.07, 6.45) is -3.55. The zero-order chi connectivity index (χ0) is 18.9. The van der Waals surface area contributed by atoms with E-state index in [1.807, 2.05) is 0 Å². The Morgan fingerprint density at radius 1 is 1.46 bits per heavy atom. The first-order valence-corrected chi connectivity index (χ1v) is 8.49. The molecule has 1 N–H and O–H groups in total. The van der Waals surface area contributed by atoms with Gasteiger partial charge in [0.25, 0.3) is 5.91 Å². The van der Waals surface area contributed by atoms with Gasteiger partial charge >= 0.3 is 6.18 Å². The highest BCUT2D eigenvalue weighted by Gasteiger charge is 2.36. The molecule has 0 aromatic carbocycles. The first-order chi connectivity index (χ1) is 12.3. The number of hydrogen-bond acceptors (Lipinski definition) is 5. The maximum Gasteiger partial charge on any atom is 0.433 e. The van der Waals surface area contributed by atoms with Crippen LogP contribution in [0.2, 0.25) is 0 Å². The molecule has 10 heteroatoms. The molecule has 3 rings (SSSR count). The van der Waals surface area contributed by atoms with Crippen LogP contribution < -0.4 is 5.32 Å². The van der Waals surface area contributed by atoms with E-state index in [2.05, 4.69) is 15.4 Å². The van der Waals surface area contributed by atoms with E-state index in [1.54, 1.807) is 24.4 Å². The number of methoxy groups -OCH3 is 1. The smallest absolute Gasteiger partial charge is 0.383 e. The molecule has 3 heterocycles. The van der Waals surface area contributed by atoms with Crippen LogP contribution in [0, 0.1) is 0 Å². The number of alkyl halides is 3. The second kappa shape index (κ2) is 7.04. The lowest BCUT2D eigenvalue weighted by Gasteiger charge is -2.13. The lowest BCUT2D eigenvalue weighted by atomic mass is 10.2. The van der Waals surface area contributed by atoms with Crippen molar-refractivity contribution in [2.45, 2.75) is 19.1 Å². The summed E-state index contributed by atoms with van der Waals surface area (Å²) in [7, 11) is 1.49. The summed E-state index contributed by atoms with van der Waals surface area (Å²) in [6, 6.07) is 4.00. The molecular weight excluding hydrogens is 369 g/mol. The molecule has 3 aromatic rings. The number of aromatic nitrogens is 3. The first kappa shape index (κ1) is 18.3. The van der Waals surface area contributed by atoms with E-state index in [-0.39, 0.29) is 29.6 Å². The predicted octanol–water partition coefficient (Wildman–Crippen LogP) is 3.24. The number of rotatable bonds is 5. The minimum atomic E-state index is -4.64. The van der Waals surface area contributed by atoms with Gasteiger partial charge in [0.05, 0.1) is 23.4 Å². The average molecular weight is 384 g/mol. The van der Waals surface area contributed by atoms with Gasteiger partial charge in [-0.15, -0.1) is 11.3 Å². The molecule has 6 nitrogen and oxygen atoms in total. The molecule has 0 aliphatic heterocycles. The van der Waals surface area contributed by atoms with Gasteiger partial charge in [-0.3, -0.25) is 4.79 Å². The van der Waals surface area contributed by atoms with E-state index in [0.717, 1.165) is 12.3 Å². The molecule has 0 unspecified atom stereocenters. The van der Waals surface area contributed by atoms with E-state index < -0.39 is 17.8 Å². The zero-order valence-electron chi connectivity index (χ0n) is 13.9. The van der Waals surface area contributed by atoms with Gasteiger partial charge in [0, 0.05) is 13.2 Å². The first-order valence-electron chi connectivity index (χ1n) is 7.61. The monoisotopic (exact) mass is 384 g/mol. The Labute approximate surface area is 150 Å². The predicted molar refractivity (Wildman–Crippen MR) is 90.1 cm³/mol. The highest BCUT2D eigenvalue weighted by atomic mass is 32.1. The lowest BCUT2D eigenvalue weighted by molar-refractivity contribution is -0.142. The van der Waals surface area contributed by atoms with Crippen LogP contribution in [-0.4, -0.2) is 40.3 Å². The van der Waals surface area contributed by atoms with Crippen LogP contribution in [0.5, 0.6) is 0 Å². The quantitative estimate of drug-likeness (QED) is 0.733. The van der Waals surface area contributed by atoms with Gasteiger partial charge < -0.3 is 10.1 Å². The number of amides is 1. The number of carbonyl (C=O) groups is 1. The molecule has 3 aromatic heterocycles. The molecule has 1 atom stereocenters. The third-order valence-electron chi connectivity index (χ3n) is 3.57. The van der Waals surface area contributed by atoms with Gasteiger partial charge in [0.1, 0.15) is 5.56 Å². The van der Waals surface area contributed by atoms with Crippen LogP contribution in [-0.2, 0) is 10.9 Å². The normalized spacial score (nSPS) is 13.1. The van der Waals surface area contributed by atoms with Crippen molar-refractivity contribution in [1.82, 2.24) is 19.9 Å². The Hall–Kier alpha value is -2.46. The van der Waals surface area contributed by atoms with Crippen LogP contribution in [0.4, 0.5) is 13.2 Å². The Bertz CT molecular complexity index is 922. The van der Waals surface area contributed by atoms with E-state index in [0.29, 0.717) is 9.39 Å². The minimum absolute atomic E-state index is 0.0307. The highest BCUT2D eigenvalue weighted by Crippen LogP contribution is 2.33. The van der Waals surface area contributed by atoms with Crippen molar-refractivity contribution < 1.29 is 22.7 Å². The van der Waals surface area contributed by atoms with Gasteiger partial charge in [-0.25, -0.2) is 9.50 Å². The summed E-state index contributed by atoms with van der Waals surface area (Å²) >= 11 is 1.26. The average Bonchev–Trinajstić information content (AvgIpc) is 3.22. The van der Waals surface area contributed by atoms with E-state index in [4.69, 9.17) is 4.74 Å². The van der Waals surface area contributed by atoms with Gasteiger partial charge in [-0.05, 0) is 24.4 Å². The maximum atomic E-state index is 13.5. The van der Waals surface area contributed by atoms with Crippen molar-refractivity contribution in [1.29, 1.82) is 0 Å². The highest BCUT2D eigenvalue weighted by molar-refractivity contribution is 7.13. The molecule has 1 amide bonds. The molecule has 26 heavy (non-hydrogen) atoms. The number of nitrogens with one attached hydrogen (secondary N) is 1. The zero-order valence-corrected chi connectivity index (χ0v) is 14.7. The number of nitrogens with zero attached hydrogens (tertiary/aromatic N) is 3. The topological polar surface area (TPSA) is 68.5 Å². The molecule has 0 aliphatic rings. The van der Waals surface area contributed by atoms with Crippen LogP contribution in [0.25, 0.3) is 16.2 Å². The molecule has 0 radical (unpaired) electrons. The molecular formula is C16H15F3N4O2S. The molecule has 0 fully saturated rings. The molecule has 0 bridgehead atoms. The molecule has 0 saturated carbocycles. The van der Waals surface area contributed by atoms with Gasteiger partial charge in [0.15, 0.2) is 11.3 Å². The second-order valence-electron chi connectivity index (χ2n) is 5.63. The summed E-state index contributed by atoms with van der Waals surface area (Å²) in [5.74, 6) is -0.562. The fourth-order valence-corrected chi connectivity index (χ4v) is 3.15. The van der Waals surface area contributed by atoms with Crippen LogP contribution in [0.3, 0.4) is 0 Å². The summed E-state index contributed by atoms with van der Waals surface area (Å²) in [6.45, 7) is 1.99. The van der Waals surface area contributed by atoms with Crippen LogP contribution in [0.1, 0.15) is 23.0 Å². The Balaban J connectivity index is 2.12. The van der Waals surface area contributed by atoms with E-state index in [1.165, 1.54) is 18.4 Å². The Kier molecular flexibility index (Phi) is 4.97. The largest absolute Gasteiger partial charge is 0.433 e. The van der Waals surface area contributed by atoms with Gasteiger partial charge in [-0.1, -0.05) is 6.07 Å². The molecule has 138 valence electrons. The van der Waals surface area contributed by atoms with Crippen molar-refractivity contribution in [2.75, 3.05) is 13.7 Å². The number of hydrogen-bond donors (Lipinski definition) is 1. The van der Waals surface area contributed by atoms with Crippen LogP contribution >= 0.6 is 11.3 Å². The van der Waals surface area contributed by atoms with Crippen molar-refractivity contribution in [3.05, 3.63) is 41.0 Å². The number of fused-ring (bicyclic) bond motifs is 1. The number of carbonyl (C=O) groups excluding carboxylic acids is 1. The van der Waals surface area contributed by atoms with Crippen molar-refractivity contribution in [2.24, 2.45) is 0 Å². The lowest BCUT2D eigenvalue weighted by Crippen LogP contribution is -2.35. The Morgan fingerprint density at radius 2 is 2.23 bits per heavy atom. The summed E-state index contributed by atoms with van der Waals surface area (Å²) < 4.78 is 46.0. The molecule has 0 saturated heterocycles. The maximum absolute atomic E-state index is 13.5. The summed E-state index contributed by atoms with van der Waals surface area (Å²) in [4.78, 5) is 17.2. The second-order valence-corrected chi connectivity index (χ2v) is 6.57. The number of ether oxygens (including phenoxy) is 1. The number of halogens is 3. The summed E-state index contributed by atoms with van der Waals surface area (Å²) in [5.41, 5.74) is -1.03. The Morgan fingerprint density at radius 3 is 2.85 bits per heavy atom. The van der Waals surface area contributed by atoms with Crippen molar-refractivity contribution in [3.63, 3.8) is 0 Å². The third kappa shape index (κ3) is 3.56. The van der Waals surface area contributed by atoms with E-state index in [9.17, 15) is 18.0 Å². The summed E-state index contributed by atoms with van der Waals surface area (Å²) in [5, 5.41) is 8.12. The molecule has 0 spiro atoms. The van der Waals surface area contributed by atoms with E-state index >= 15 is 0 Å². The SMILES string of the molecule is COC[C@H](C)NC(=O)c1cnn2c(C(F)(F)F)cc(-c3cccs3)nc12. The van der Waals surface area contributed by atoms with Crippen molar-refractivity contribution >= 4 is 22.9 Å².